The predicted molar refractivity (Wildman–Crippen MR) is 104 cm³/mol. The van der Waals surface area contributed by atoms with Gasteiger partial charge in [-0.1, -0.05) is 40.8 Å². The van der Waals surface area contributed by atoms with Gasteiger partial charge in [-0.15, -0.1) is 0 Å². The number of allylic oxidation sites excluding steroid dienone is 2. The lowest BCUT2D eigenvalue weighted by atomic mass is 9.62. The van der Waals surface area contributed by atoms with Crippen LogP contribution in [-0.2, 0) is 21.2 Å². The van der Waals surface area contributed by atoms with E-state index in [0.29, 0.717) is 4.43 Å². The van der Waals surface area contributed by atoms with E-state index >= 15 is 0 Å². The van der Waals surface area contributed by atoms with Gasteiger partial charge in [0.15, 0.2) is 0 Å². The second-order valence-electron chi connectivity index (χ2n) is 6.80. The monoisotopic (exact) mass is 521 g/mol. The van der Waals surface area contributed by atoms with Crippen LogP contribution in [0, 0.1) is 0 Å². The Hall–Kier alpha value is -2.04. The van der Waals surface area contributed by atoms with E-state index in [-0.39, 0.29) is 24.2 Å². The summed E-state index contributed by atoms with van der Waals surface area (Å²) in [7, 11) is 1.45. The Morgan fingerprint density at radius 3 is 1.97 bits per heavy atom. The molecular weight excluding hydrogens is 502 g/mol. The summed E-state index contributed by atoms with van der Waals surface area (Å²) in [6.07, 6.45) is -4.68. The summed E-state index contributed by atoms with van der Waals surface area (Å²) in [6, 6.07) is 4.47. The van der Waals surface area contributed by atoms with Crippen molar-refractivity contribution >= 4 is 34.5 Å². The number of hydrogen-bond donors (Lipinski definition) is 0. The predicted octanol–water partition coefficient (Wildman–Crippen LogP) is 2.15. The zero-order chi connectivity index (χ0) is 22.1. The summed E-state index contributed by atoms with van der Waals surface area (Å²) in [5.74, 6) is -3.43. The van der Waals surface area contributed by atoms with Crippen LogP contribution >= 0.6 is 22.6 Å². The second kappa shape index (κ2) is 8.37. The molecule has 0 bridgehead atoms. The fraction of sp³-hybridized carbons (Fsp3) is 0.400. The van der Waals surface area contributed by atoms with Crippen LogP contribution in [0.1, 0.15) is 37.8 Å². The van der Waals surface area contributed by atoms with E-state index in [4.69, 9.17) is 0 Å². The Morgan fingerprint density at radius 1 is 1.07 bits per heavy atom. The van der Waals surface area contributed by atoms with Crippen molar-refractivity contribution in [3.63, 3.8) is 0 Å². The van der Waals surface area contributed by atoms with Gasteiger partial charge in [0.05, 0.1) is 22.9 Å². The molecule has 0 unspecified atom stereocenters. The van der Waals surface area contributed by atoms with Crippen LogP contribution in [-0.4, -0.2) is 28.3 Å². The lowest BCUT2D eigenvalue weighted by molar-refractivity contribution is -0.301. The quantitative estimate of drug-likeness (QED) is 0.424. The maximum Gasteiger partial charge on any atom is 0.416 e. The topological polar surface area (TPSA) is 83.5 Å². The van der Waals surface area contributed by atoms with Gasteiger partial charge in [-0.25, -0.2) is 0 Å². The Balaban J connectivity index is 3.10. The van der Waals surface area contributed by atoms with Gasteiger partial charge < -0.3 is 24.7 Å². The molecule has 0 aliphatic carbocycles. The average Bonchev–Trinajstić information content (AvgIpc) is 2.63. The first-order valence-corrected chi connectivity index (χ1v) is 10.3. The first-order valence-electron chi connectivity index (χ1n) is 8.73. The van der Waals surface area contributed by atoms with Gasteiger partial charge in [0.25, 0.3) is 0 Å². The average molecular weight is 521 g/mol. The van der Waals surface area contributed by atoms with Crippen molar-refractivity contribution in [1.29, 1.82) is 0 Å². The Bertz CT molecular complexity index is 867. The van der Waals surface area contributed by atoms with E-state index < -0.39 is 45.8 Å². The SMILES string of the molecule is CC1=C(C(=O)[O-])C(CCCI)(c2ccccc2C(F)(F)F)C(C(=O)[O-])=C(C)N1C. The lowest BCUT2D eigenvalue weighted by Gasteiger charge is -2.48. The zero-order valence-electron chi connectivity index (χ0n) is 16.0. The van der Waals surface area contributed by atoms with Crippen LogP contribution in [0.25, 0.3) is 0 Å². The molecule has 1 aromatic carbocycles. The number of carboxylic acids is 2. The van der Waals surface area contributed by atoms with Crippen LogP contribution in [0.4, 0.5) is 13.2 Å². The summed E-state index contributed by atoms with van der Waals surface area (Å²) >= 11 is 2.01. The molecule has 5 nitrogen and oxygen atoms in total. The van der Waals surface area contributed by atoms with Crippen LogP contribution in [0.2, 0.25) is 0 Å². The largest absolute Gasteiger partial charge is 0.545 e. The minimum absolute atomic E-state index is 0.123. The van der Waals surface area contributed by atoms with Crippen LogP contribution in [0.5, 0.6) is 0 Å². The van der Waals surface area contributed by atoms with E-state index in [2.05, 4.69) is 0 Å². The van der Waals surface area contributed by atoms with Crippen molar-refractivity contribution in [2.45, 2.75) is 38.3 Å². The Morgan fingerprint density at radius 2 is 1.55 bits per heavy atom. The smallest absolute Gasteiger partial charge is 0.416 e. The molecule has 2 rings (SSSR count). The number of halogens is 4. The summed E-state index contributed by atoms with van der Waals surface area (Å²) < 4.78 is 42.0. The molecule has 1 aliphatic heterocycles. The van der Waals surface area contributed by atoms with Gasteiger partial charge >= 0.3 is 6.18 Å². The number of carbonyl (C=O) groups excluding carboxylic acids is 2. The van der Waals surface area contributed by atoms with Gasteiger partial charge in [-0.2, -0.15) is 13.2 Å². The van der Waals surface area contributed by atoms with E-state index in [1.54, 1.807) is 0 Å². The van der Waals surface area contributed by atoms with Crippen molar-refractivity contribution in [2.24, 2.45) is 0 Å². The van der Waals surface area contributed by atoms with Crippen molar-refractivity contribution in [3.05, 3.63) is 57.9 Å². The molecule has 0 amide bonds. The summed E-state index contributed by atoms with van der Waals surface area (Å²) in [5, 5.41) is 24.4. The van der Waals surface area contributed by atoms with Gasteiger partial charge in [-0.3, -0.25) is 0 Å². The molecule has 0 saturated heterocycles. The molecule has 1 heterocycles. The number of aliphatic carboxylic acids is 2. The van der Waals surface area contributed by atoms with Gasteiger partial charge in [-0.05, 0) is 42.7 Å². The summed E-state index contributed by atoms with van der Waals surface area (Å²) in [6.45, 7) is 2.85. The molecule has 158 valence electrons. The van der Waals surface area contributed by atoms with Gasteiger partial charge in [0.2, 0.25) is 0 Å². The Labute approximate surface area is 180 Å². The van der Waals surface area contributed by atoms with E-state index in [1.165, 1.54) is 37.9 Å². The number of carboxylic acid groups (broad SMARTS) is 2. The third-order valence-corrected chi connectivity index (χ3v) is 6.13. The number of nitrogens with zero attached hydrogens (tertiary/aromatic N) is 1. The molecule has 1 aromatic rings. The molecule has 0 radical (unpaired) electrons. The highest BCUT2D eigenvalue weighted by Gasteiger charge is 2.50. The van der Waals surface area contributed by atoms with E-state index in [0.717, 1.165) is 12.1 Å². The van der Waals surface area contributed by atoms with Crippen LogP contribution in [0.3, 0.4) is 0 Å². The summed E-state index contributed by atoms with van der Waals surface area (Å²) in [4.78, 5) is 25.7. The van der Waals surface area contributed by atoms with Crippen LogP contribution < -0.4 is 10.2 Å². The lowest BCUT2D eigenvalue weighted by Crippen LogP contribution is -2.51. The highest BCUT2D eigenvalue weighted by atomic mass is 127. The third-order valence-electron chi connectivity index (χ3n) is 5.37. The van der Waals surface area contributed by atoms with Crippen molar-refractivity contribution < 1.29 is 33.0 Å². The first-order chi connectivity index (χ1) is 13.4. The molecule has 0 atom stereocenters. The summed E-state index contributed by atoms with van der Waals surface area (Å²) in [5.41, 5.74) is -4.32. The minimum atomic E-state index is -4.81. The number of rotatable bonds is 6. The fourth-order valence-electron chi connectivity index (χ4n) is 4.06. The number of benzene rings is 1. The normalized spacial score (nSPS) is 17.0. The van der Waals surface area contributed by atoms with Gasteiger partial charge in [0.1, 0.15) is 0 Å². The fourth-order valence-corrected chi connectivity index (χ4v) is 4.44. The molecule has 29 heavy (non-hydrogen) atoms. The molecule has 0 aromatic heterocycles. The number of alkyl halides is 4. The van der Waals surface area contributed by atoms with E-state index in [1.807, 2.05) is 22.6 Å². The first kappa shape index (κ1) is 23.2. The van der Waals surface area contributed by atoms with Crippen molar-refractivity contribution in [1.82, 2.24) is 4.90 Å². The van der Waals surface area contributed by atoms with Crippen LogP contribution in [0.15, 0.2) is 46.8 Å². The Kier molecular flexibility index (Phi) is 6.71. The molecule has 9 heteroatoms. The van der Waals surface area contributed by atoms with Gasteiger partial charge in [0, 0.05) is 29.6 Å². The number of hydrogen-bond acceptors (Lipinski definition) is 5. The highest BCUT2D eigenvalue weighted by Crippen LogP contribution is 2.52. The third kappa shape index (κ3) is 3.88. The number of carbonyl (C=O) groups is 2. The standard InChI is InChI=1S/C20H21F3INO4/c1-11-15(17(26)27)19(9-6-10-24,16(18(28)29)12(2)25(11)3)13-7-4-5-8-14(13)20(21,22)23/h4-5,7-8H,6,9-10H2,1-3H3,(H,26,27)(H,28,29)/p-2. The molecule has 0 N–H and O–H groups in total. The maximum absolute atomic E-state index is 13.9. The molecular formula is C20H19F3INO4-2. The highest BCUT2D eigenvalue weighted by molar-refractivity contribution is 14.1. The molecule has 0 saturated carbocycles. The van der Waals surface area contributed by atoms with Crippen molar-refractivity contribution in [3.8, 4) is 0 Å². The molecule has 1 aliphatic rings. The minimum Gasteiger partial charge on any atom is -0.545 e. The maximum atomic E-state index is 13.9. The molecule has 0 fully saturated rings. The van der Waals surface area contributed by atoms with Crippen molar-refractivity contribution in [2.75, 3.05) is 11.5 Å². The zero-order valence-corrected chi connectivity index (χ0v) is 18.2. The second-order valence-corrected chi connectivity index (χ2v) is 7.87. The van der Waals surface area contributed by atoms with E-state index in [9.17, 15) is 33.0 Å². The molecule has 0 spiro atoms.